The van der Waals surface area contributed by atoms with Crippen LogP contribution >= 0.6 is 24.0 Å². The summed E-state index contributed by atoms with van der Waals surface area (Å²) in [5.74, 6) is 0. The van der Waals surface area contributed by atoms with E-state index in [4.69, 9.17) is 17.3 Å². The van der Waals surface area contributed by atoms with Crippen LogP contribution in [0.2, 0.25) is 5.02 Å². The molecule has 1 atom stereocenters. The Kier molecular flexibility index (Phi) is 6.64. The number of benzene rings is 1. The highest BCUT2D eigenvalue weighted by molar-refractivity contribution is 6.31. The highest BCUT2D eigenvalue weighted by Crippen LogP contribution is 2.36. The third kappa shape index (κ3) is 5.76. The monoisotopic (exact) mass is 341 g/mol. The van der Waals surface area contributed by atoms with Gasteiger partial charge in [0.05, 0.1) is 10.6 Å². The van der Waals surface area contributed by atoms with Gasteiger partial charge in [0.2, 0.25) is 0 Å². The van der Waals surface area contributed by atoms with Gasteiger partial charge in [0.15, 0.2) is 0 Å². The first kappa shape index (κ1) is 19.3. The van der Waals surface area contributed by atoms with Gasteiger partial charge in [-0.25, -0.2) is 0 Å². The topological polar surface area (TPSA) is 26.0 Å². The van der Waals surface area contributed by atoms with Crippen molar-refractivity contribution in [3.63, 3.8) is 0 Å². The summed E-state index contributed by atoms with van der Waals surface area (Å²) in [5.41, 5.74) is 4.59. The van der Waals surface area contributed by atoms with E-state index < -0.39 is 41.8 Å². The minimum absolute atomic E-state index is 0. The van der Waals surface area contributed by atoms with E-state index in [1.54, 1.807) is 0 Å². The first-order chi connectivity index (χ1) is 8.50. The number of hydrogen-bond donors (Lipinski definition) is 1. The molecule has 116 valence electrons. The maximum atomic E-state index is 12.4. The second-order valence-electron chi connectivity index (χ2n) is 4.00. The third-order valence-corrected chi connectivity index (χ3v) is 2.78. The summed E-state index contributed by atoms with van der Waals surface area (Å²) >= 11 is 5.45. The lowest BCUT2D eigenvalue weighted by Gasteiger charge is -2.16. The first-order valence-corrected chi connectivity index (χ1v) is 5.57. The summed E-state index contributed by atoms with van der Waals surface area (Å²) in [4.78, 5) is 0. The van der Waals surface area contributed by atoms with Gasteiger partial charge in [-0.15, -0.1) is 12.4 Å². The average Bonchev–Trinajstić information content (AvgIpc) is 2.22. The summed E-state index contributed by atoms with van der Waals surface area (Å²) < 4.78 is 73.3. The molecule has 20 heavy (non-hydrogen) atoms. The molecule has 0 saturated carbocycles. The Morgan fingerprint density at radius 1 is 1.10 bits per heavy atom. The fourth-order valence-corrected chi connectivity index (χ4v) is 1.77. The lowest BCUT2D eigenvalue weighted by molar-refractivity contribution is -0.137. The molecule has 0 aliphatic rings. The second kappa shape index (κ2) is 6.87. The van der Waals surface area contributed by atoms with E-state index in [-0.39, 0.29) is 18.0 Å². The molecule has 0 amide bonds. The Balaban J connectivity index is 0.00000361. The largest absolute Gasteiger partial charge is 0.417 e. The van der Waals surface area contributed by atoms with E-state index in [1.165, 1.54) is 0 Å². The molecule has 0 spiro atoms. The van der Waals surface area contributed by atoms with Crippen molar-refractivity contribution in [1.29, 1.82) is 0 Å². The first-order valence-electron chi connectivity index (χ1n) is 5.19. The Labute approximate surface area is 122 Å². The summed E-state index contributed by atoms with van der Waals surface area (Å²) in [6, 6.07) is 1.69. The van der Waals surface area contributed by atoms with Crippen molar-refractivity contribution < 1.29 is 26.3 Å². The number of hydrogen-bond acceptors (Lipinski definition) is 1. The van der Waals surface area contributed by atoms with Crippen molar-refractivity contribution in [1.82, 2.24) is 0 Å². The molecule has 1 aromatic carbocycles. The molecule has 0 aliphatic heterocycles. The zero-order valence-electron chi connectivity index (χ0n) is 9.85. The smallest absolute Gasteiger partial charge is 0.324 e. The number of halogens is 8. The molecule has 1 aromatic rings. The average molecular weight is 342 g/mol. The van der Waals surface area contributed by atoms with Crippen LogP contribution in [0.4, 0.5) is 26.3 Å². The van der Waals surface area contributed by atoms with Crippen LogP contribution in [0.15, 0.2) is 18.2 Å². The van der Waals surface area contributed by atoms with Crippen LogP contribution in [0.25, 0.3) is 0 Å². The Morgan fingerprint density at radius 2 is 1.65 bits per heavy atom. The van der Waals surface area contributed by atoms with Crippen molar-refractivity contribution in [2.45, 2.75) is 31.2 Å². The number of nitrogens with two attached hydrogens (primary N) is 1. The van der Waals surface area contributed by atoms with Gasteiger partial charge in [-0.1, -0.05) is 17.7 Å². The molecule has 0 radical (unpaired) electrons. The zero-order valence-corrected chi connectivity index (χ0v) is 11.4. The summed E-state index contributed by atoms with van der Waals surface area (Å²) in [7, 11) is 0. The highest BCUT2D eigenvalue weighted by atomic mass is 35.5. The Hall–Kier alpha value is -0.660. The molecule has 1 nitrogen and oxygen atoms in total. The van der Waals surface area contributed by atoms with Crippen LogP contribution in [-0.2, 0) is 6.18 Å². The molecule has 0 aliphatic carbocycles. The van der Waals surface area contributed by atoms with Crippen LogP contribution < -0.4 is 5.73 Å². The van der Waals surface area contributed by atoms with Gasteiger partial charge >= 0.3 is 12.4 Å². The zero-order chi connectivity index (χ0) is 14.8. The van der Waals surface area contributed by atoms with Crippen molar-refractivity contribution in [3.05, 3.63) is 34.3 Å². The molecule has 0 heterocycles. The SMILES string of the molecule is Cl.N[C@H](CCC(F)(F)F)c1ccc(C(F)(F)F)c(Cl)c1. The number of alkyl halides is 6. The van der Waals surface area contributed by atoms with Crippen molar-refractivity contribution in [2.24, 2.45) is 5.73 Å². The van der Waals surface area contributed by atoms with Gasteiger partial charge in [-0.05, 0) is 24.1 Å². The van der Waals surface area contributed by atoms with Crippen molar-refractivity contribution in [2.75, 3.05) is 0 Å². The van der Waals surface area contributed by atoms with Gasteiger partial charge in [0.25, 0.3) is 0 Å². The van der Waals surface area contributed by atoms with E-state index in [0.717, 1.165) is 12.1 Å². The lowest BCUT2D eigenvalue weighted by atomic mass is 10.0. The fourth-order valence-electron chi connectivity index (χ4n) is 1.48. The van der Waals surface area contributed by atoms with Crippen molar-refractivity contribution >= 4 is 24.0 Å². The van der Waals surface area contributed by atoms with E-state index in [0.29, 0.717) is 6.07 Å². The Morgan fingerprint density at radius 3 is 2.05 bits per heavy atom. The van der Waals surface area contributed by atoms with Crippen LogP contribution in [0.1, 0.15) is 30.0 Å². The molecule has 0 fully saturated rings. The van der Waals surface area contributed by atoms with E-state index >= 15 is 0 Å². The molecule has 0 bridgehead atoms. The highest BCUT2D eigenvalue weighted by Gasteiger charge is 2.33. The van der Waals surface area contributed by atoms with E-state index in [9.17, 15) is 26.3 Å². The molecule has 0 aromatic heterocycles. The van der Waals surface area contributed by atoms with Crippen molar-refractivity contribution in [3.8, 4) is 0 Å². The van der Waals surface area contributed by atoms with E-state index in [2.05, 4.69) is 0 Å². The number of rotatable bonds is 3. The third-order valence-electron chi connectivity index (χ3n) is 2.47. The molecule has 9 heteroatoms. The molecule has 2 N–H and O–H groups in total. The molecular formula is C11H11Cl2F6N. The van der Waals surface area contributed by atoms with Crippen LogP contribution in [0.5, 0.6) is 0 Å². The van der Waals surface area contributed by atoms with Gasteiger partial charge < -0.3 is 5.73 Å². The minimum Gasteiger partial charge on any atom is -0.324 e. The molecular weight excluding hydrogens is 331 g/mol. The minimum atomic E-state index is -4.61. The summed E-state index contributed by atoms with van der Waals surface area (Å²) in [6.45, 7) is 0. The van der Waals surface area contributed by atoms with Gasteiger partial charge in [-0.3, -0.25) is 0 Å². The predicted octanol–water partition coefficient (Wildman–Crippen LogP) is 5.12. The second-order valence-corrected chi connectivity index (χ2v) is 4.40. The van der Waals surface area contributed by atoms with E-state index in [1.807, 2.05) is 0 Å². The van der Waals surface area contributed by atoms with Crippen LogP contribution in [-0.4, -0.2) is 6.18 Å². The predicted molar refractivity (Wildman–Crippen MR) is 65.9 cm³/mol. The van der Waals surface area contributed by atoms with Gasteiger partial charge in [0, 0.05) is 12.5 Å². The van der Waals surface area contributed by atoms with Gasteiger partial charge in [0.1, 0.15) is 0 Å². The maximum absolute atomic E-state index is 12.4. The lowest BCUT2D eigenvalue weighted by Crippen LogP contribution is -2.16. The van der Waals surface area contributed by atoms with Crippen LogP contribution in [0.3, 0.4) is 0 Å². The summed E-state index contributed by atoms with van der Waals surface area (Å²) in [5, 5.41) is -0.576. The van der Waals surface area contributed by atoms with Gasteiger partial charge in [-0.2, -0.15) is 26.3 Å². The summed E-state index contributed by atoms with van der Waals surface area (Å²) in [6.07, 6.45) is -10.5. The standard InChI is InChI=1S/C11H10ClF6N.ClH/c12-8-5-6(1-2-7(8)11(16,17)18)9(19)3-4-10(13,14)15;/h1-2,5,9H,3-4,19H2;1H/t9-;/m1./s1. The molecule has 0 unspecified atom stereocenters. The Bertz CT molecular complexity index is 444. The fraction of sp³-hybridized carbons (Fsp3) is 0.455. The molecule has 1 rings (SSSR count). The quantitative estimate of drug-likeness (QED) is 0.758. The normalized spacial score (nSPS) is 13.8. The van der Waals surface area contributed by atoms with Crippen LogP contribution in [0, 0.1) is 0 Å². The maximum Gasteiger partial charge on any atom is 0.417 e. The molecule has 0 saturated heterocycles.